The molecule has 1 fully saturated rings. The molecule has 1 aliphatic heterocycles. The minimum atomic E-state index is -0.974. The molecule has 6 nitrogen and oxygen atoms in total. The molecule has 0 aliphatic carbocycles. The molecular formula is C17H19N3O3. The van der Waals surface area contributed by atoms with Gasteiger partial charge in [-0.15, -0.1) is 0 Å². The average molecular weight is 313 g/mol. The van der Waals surface area contributed by atoms with Gasteiger partial charge in [-0.2, -0.15) is 0 Å². The van der Waals surface area contributed by atoms with E-state index in [4.69, 9.17) is 9.84 Å². The highest BCUT2D eigenvalue weighted by molar-refractivity contribution is 5.87. The molecule has 0 saturated carbocycles. The number of hydrogen-bond donors (Lipinski definition) is 1. The lowest BCUT2D eigenvalue weighted by Crippen LogP contribution is -2.20. The zero-order valence-electron chi connectivity index (χ0n) is 13.0. The highest BCUT2D eigenvalue weighted by atomic mass is 16.5. The monoisotopic (exact) mass is 313 g/mol. The standard InChI is InChI=1S/C17H19N3O3/c1-12-9-16(20-7-2-3-8-20)19-15(18-12)11-23-14-6-4-5-13(10-14)17(21)22/h4-6,9-10H,2-3,7-8,11H2,1H3,(H,21,22). The Hall–Kier alpha value is -2.63. The van der Waals surface area contributed by atoms with Crippen LogP contribution in [0.4, 0.5) is 5.82 Å². The minimum Gasteiger partial charge on any atom is -0.486 e. The van der Waals surface area contributed by atoms with Crippen LogP contribution in [0.25, 0.3) is 0 Å². The van der Waals surface area contributed by atoms with Gasteiger partial charge in [0.1, 0.15) is 18.2 Å². The van der Waals surface area contributed by atoms with Crippen LogP contribution in [0, 0.1) is 6.92 Å². The lowest BCUT2D eigenvalue weighted by atomic mass is 10.2. The van der Waals surface area contributed by atoms with Crippen molar-refractivity contribution in [1.29, 1.82) is 0 Å². The molecule has 1 aliphatic rings. The molecule has 0 bridgehead atoms. The smallest absolute Gasteiger partial charge is 0.335 e. The van der Waals surface area contributed by atoms with Crippen LogP contribution in [-0.4, -0.2) is 34.1 Å². The predicted molar refractivity (Wildman–Crippen MR) is 85.9 cm³/mol. The molecule has 2 aromatic rings. The summed E-state index contributed by atoms with van der Waals surface area (Å²) in [6.45, 7) is 4.20. The number of ether oxygens (including phenoxy) is 1. The van der Waals surface area contributed by atoms with Crippen molar-refractivity contribution in [2.45, 2.75) is 26.4 Å². The van der Waals surface area contributed by atoms with Gasteiger partial charge < -0.3 is 14.7 Å². The molecule has 2 heterocycles. The fraction of sp³-hybridized carbons (Fsp3) is 0.353. The molecule has 6 heteroatoms. The van der Waals surface area contributed by atoms with Crippen LogP contribution < -0.4 is 9.64 Å². The molecule has 0 unspecified atom stereocenters. The van der Waals surface area contributed by atoms with Crippen molar-refractivity contribution in [2.24, 2.45) is 0 Å². The predicted octanol–water partition coefficient (Wildman–Crippen LogP) is 2.66. The molecule has 1 saturated heterocycles. The summed E-state index contributed by atoms with van der Waals surface area (Å²) in [5.74, 6) is 1.07. The summed E-state index contributed by atoms with van der Waals surface area (Å²) < 4.78 is 5.65. The van der Waals surface area contributed by atoms with E-state index in [1.807, 2.05) is 13.0 Å². The third-order valence-electron chi connectivity index (χ3n) is 3.77. The van der Waals surface area contributed by atoms with Crippen molar-refractivity contribution in [3.8, 4) is 5.75 Å². The highest BCUT2D eigenvalue weighted by Gasteiger charge is 2.15. The Morgan fingerprint density at radius 1 is 1.26 bits per heavy atom. The molecule has 3 rings (SSSR count). The van der Waals surface area contributed by atoms with Gasteiger partial charge in [0.05, 0.1) is 5.56 Å². The zero-order valence-corrected chi connectivity index (χ0v) is 13.0. The van der Waals surface area contributed by atoms with Crippen LogP contribution in [-0.2, 0) is 6.61 Å². The molecule has 0 radical (unpaired) electrons. The maximum Gasteiger partial charge on any atom is 0.335 e. The fourth-order valence-electron chi connectivity index (χ4n) is 2.65. The maximum absolute atomic E-state index is 11.0. The Bertz CT molecular complexity index is 712. The molecule has 23 heavy (non-hydrogen) atoms. The zero-order chi connectivity index (χ0) is 16.2. The van der Waals surface area contributed by atoms with Crippen molar-refractivity contribution in [3.63, 3.8) is 0 Å². The Kier molecular flexibility index (Phi) is 4.41. The number of aromatic nitrogens is 2. The van der Waals surface area contributed by atoms with Crippen LogP contribution >= 0.6 is 0 Å². The Morgan fingerprint density at radius 2 is 2.04 bits per heavy atom. The normalized spacial score (nSPS) is 14.0. The largest absolute Gasteiger partial charge is 0.486 e. The number of hydrogen-bond acceptors (Lipinski definition) is 5. The van der Waals surface area contributed by atoms with Crippen molar-refractivity contribution in [3.05, 3.63) is 47.4 Å². The Labute approximate surface area is 134 Å². The first-order valence-corrected chi connectivity index (χ1v) is 7.67. The molecule has 0 amide bonds. The lowest BCUT2D eigenvalue weighted by molar-refractivity contribution is 0.0696. The fourth-order valence-corrected chi connectivity index (χ4v) is 2.65. The van der Waals surface area contributed by atoms with E-state index < -0.39 is 5.97 Å². The van der Waals surface area contributed by atoms with Crippen LogP contribution in [0.15, 0.2) is 30.3 Å². The number of nitrogens with zero attached hydrogens (tertiary/aromatic N) is 3. The van der Waals surface area contributed by atoms with Crippen LogP contribution in [0.3, 0.4) is 0 Å². The first-order chi connectivity index (χ1) is 11.1. The lowest BCUT2D eigenvalue weighted by Gasteiger charge is -2.17. The van der Waals surface area contributed by atoms with Gasteiger partial charge in [-0.25, -0.2) is 14.8 Å². The van der Waals surface area contributed by atoms with E-state index in [0.29, 0.717) is 11.6 Å². The summed E-state index contributed by atoms with van der Waals surface area (Å²) in [4.78, 5) is 22.2. The SMILES string of the molecule is Cc1cc(N2CCCC2)nc(COc2cccc(C(=O)O)c2)n1. The Balaban J connectivity index is 1.72. The minimum absolute atomic E-state index is 0.199. The quantitative estimate of drug-likeness (QED) is 0.914. The molecule has 0 atom stereocenters. The maximum atomic E-state index is 11.0. The second-order valence-corrected chi connectivity index (χ2v) is 5.60. The van der Waals surface area contributed by atoms with E-state index in [-0.39, 0.29) is 12.2 Å². The topological polar surface area (TPSA) is 75.6 Å². The van der Waals surface area contributed by atoms with Crippen LogP contribution in [0.5, 0.6) is 5.75 Å². The summed E-state index contributed by atoms with van der Waals surface area (Å²) >= 11 is 0. The molecule has 0 spiro atoms. The summed E-state index contributed by atoms with van der Waals surface area (Å²) in [6.07, 6.45) is 2.38. The number of benzene rings is 1. The van der Waals surface area contributed by atoms with Gasteiger partial charge in [-0.3, -0.25) is 0 Å². The van der Waals surface area contributed by atoms with Crippen LogP contribution in [0.1, 0.15) is 34.7 Å². The number of anilines is 1. The molecule has 120 valence electrons. The van der Waals surface area contributed by atoms with Gasteiger partial charge in [0.2, 0.25) is 0 Å². The number of carbonyl (C=O) groups is 1. The third kappa shape index (κ3) is 3.77. The number of rotatable bonds is 5. The van der Waals surface area contributed by atoms with Crippen molar-refractivity contribution in [2.75, 3.05) is 18.0 Å². The summed E-state index contributed by atoms with van der Waals surface area (Å²) in [5.41, 5.74) is 1.10. The second-order valence-electron chi connectivity index (χ2n) is 5.60. The second kappa shape index (κ2) is 6.64. The van der Waals surface area contributed by atoms with E-state index >= 15 is 0 Å². The van der Waals surface area contributed by atoms with Crippen LogP contribution in [0.2, 0.25) is 0 Å². The summed E-state index contributed by atoms with van der Waals surface area (Å²) in [6, 6.07) is 8.40. The Morgan fingerprint density at radius 3 is 2.78 bits per heavy atom. The molecule has 1 aromatic heterocycles. The number of carboxylic acid groups (broad SMARTS) is 1. The van der Waals surface area contributed by atoms with Gasteiger partial charge in [0.25, 0.3) is 0 Å². The number of carboxylic acids is 1. The number of aryl methyl sites for hydroxylation is 1. The third-order valence-corrected chi connectivity index (χ3v) is 3.77. The number of aromatic carboxylic acids is 1. The summed E-state index contributed by atoms with van der Waals surface area (Å²) in [5, 5.41) is 9.00. The molecule has 1 N–H and O–H groups in total. The van der Waals surface area contributed by atoms with E-state index in [2.05, 4.69) is 14.9 Å². The molecule has 1 aromatic carbocycles. The van der Waals surface area contributed by atoms with Gasteiger partial charge in [-0.1, -0.05) is 6.07 Å². The van der Waals surface area contributed by atoms with E-state index in [1.54, 1.807) is 12.1 Å². The average Bonchev–Trinajstić information content (AvgIpc) is 3.07. The molecular weight excluding hydrogens is 294 g/mol. The van der Waals surface area contributed by atoms with Gasteiger partial charge >= 0.3 is 5.97 Å². The van der Waals surface area contributed by atoms with E-state index in [9.17, 15) is 4.79 Å². The van der Waals surface area contributed by atoms with E-state index in [0.717, 1.165) is 24.6 Å². The van der Waals surface area contributed by atoms with Crippen molar-refractivity contribution < 1.29 is 14.6 Å². The van der Waals surface area contributed by atoms with Crippen molar-refractivity contribution in [1.82, 2.24) is 9.97 Å². The van der Waals surface area contributed by atoms with Gasteiger partial charge in [0, 0.05) is 24.8 Å². The van der Waals surface area contributed by atoms with Gasteiger partial charge in [0.15, 0.2) is 5.82 Å². The first-order valence-electron chi connectivity index (χ1n) is 7.67. The van der Waals surface area contributed by atoms with E-state index in [1.165, 1.54) is 25.0 Å². The van der Waals surface area contributed by atoms with Crippen molar-refractivity contribution >= 4 is 11.8 Å². The summed E-state index contributed by atoms with van der Waals surface area (Å²) in [7, 11) is 0. The first kappa shape index (κ1) is 15.3. The highest BCUT2D eigenvalue weighted by Crippen LogP contribution is 2.19. The van der Waals surface area contributed by atoms with Gasteiger partial charge in [-0.05, 0) is 38.0 Å².